The summed E-state index contributed by atoms with van der Waals surface area (Å²) in [6.07, 6.45) is 6.62. The van der Waals surface area contributed by atoms with Gasteiger partial charge in [0.25, 0.3) is 0 Å². The fourth-order valence-electron chi connectivity index (χ4n) is 3.74. The summed E-state index contributed by atoms with van der Waals surface area (Å²) in [5, 5.41) is 11.1. The normalized spacial score (nSPS) is 12.1. The van der Waals surface area contributed by atoms with Gasteiger partial charge in [0.1, 0.15) is 11.4 Å². The van der Waals surface area contributed by atoms with Gasteiger partial charge < -0.3 is 14.6 Å². The van der Waals surface area contributed by atoms with Gasteiger partial charge in [-0.05, 0) is 69.9 Å². The first-order valence-corrected chi connectivity index (χ1v) is 11.7. The molecule has 0 spiro atoms. The number of hydrogen-bond acceptors (Lipinski definition) is 5. The number of pyridine rings is 1. The summed E-state index contributed by atoms with van der Waals surface area (Å²) < 4.78 is 18.9. The third-order valence-electron chi connectivity index (χ3n) is 5.37. The van der Waals surface area contributed by atoms with Crippen LogP contribution in [0.3, 0.4) is 0 Å². The average molecular weight is 481 g/mol. The van der Waals surface area contributed by atoms with Crippen LogP contribution in [0, 0.1) is 11.2 Å². The van der Waals surface area contributed by atoms with E-state index in [0.717, 1.165) is 29.8 Å². The van der Waals surface area contributed by atoms with E-state index < -0.39 is 11.7 Å². The number of nitrogens with zero attached hydrogens (tertiary/aromatic N) is 3. The van der Waals surface area contributed by atoms with Crippen LogP contribution in [0.15, 0.2) is 61.2 Å². The molecule has 3 rings (SSSR count). The molecule has 0 saturated heterocycles. The number of hydrogen-bond donors (Lipinski definition) is 3. The SMILES string of the molecule is CC(C)(C)OC(=O)NC(=N)N(CCCc1cnc[nH]1)CCC(c1ccc(F)cc1)c1ccccn1. The Bertz CT molecular complexity index is 1070. The van der Waals surface area contributed by atoms with Gasteiger partial charge in [-0.3, -0.25) is 15.7 Å². The van der Waals surface area contributed by atoms with Crippen molar-refractivity contribution in [3.05, 3.63) is 84.0 Å². The van der Waals surface area contributed by atoms with Gasteiger partial charge in [0.05, 0.1) is 6.33 Å². The Hall–Kier alpha value is -3.75. The highest BCUT2D eigenvalue weighted by Crippen LogP contribution is 2.27. The van der Waals surface area contributed by atoms with Crippen molar-refractivity contribution in [3.63, 3.8) is 0 Å². The fourth-order valence-corrected chi connectivity index (χ4v) is 3.74. The number of carbonyl (C=O) groups is 1. The zero-order valence-corrected chi connectivity index (χ0v) is 20.4. The molecule has 0 aliphatic heterocycles. The third kappa shape index (κ3) is 8.51. The molecule has 1 unspecified atom stereocenters. The van der Waals surface area contributed by atoms with Gasteiger partial charge in [-0.2, -0.15) is 0 Å². The Kier molecular flexibility index (Phi) is 8.94. The van der Waals surface area contributed by atoms with Crippen LogP contribution in [0.2, 0.25) is 0 Å². The number of ether oxygens (including phenoxy) is 1. The first kappa shape index (κ1) is 25.9. The van der Waals surface area contributed by atoms with E-state index in [9.17, 15) is 9.18 Å². The molecule has 2 heterocycles. The standard InChI is InChI=1S/C26H33FN6O2/c1-26(2,3)35-25(34)32-24(28)33(15-6-7-21-17-29-18-31-21)16-13-22(23-8-4-5-14-30-23)19-9-11-20(27)12-10-19/h4-5,8-12,14,17-18,22H,6-7,13,15-16H2,1-3H3,(H,29,31)(H2,28,32,34). The molecule has 0 bridgehead atoms. The molecule has 2 aromatic heterocycles. The summed E-state index contributed by atoms with van der Waals surface area (Å²) in [4.78, 5) is 25.8. The number of halogens is 1. The molecular formula is C26H33FN6O2. The minimum atomic E-state index is -0.666. The van der Waals surface area contributed by atoms with E-state index in [1.807, 2.05) is 23.1 Å². The van der Waals surface area contributed by atoms with Crippen LogP contribution >= 0.6 is 0 Å². The molecule has 3 N–H and O–H groups in total. The Morgan fingerprint density at radius 2 is 1.97 bits per heavy atom. The van der Waals surface area contributed by atoms with Crippen LogP contribution in [0.5, 0.6) is 0 Å². The second-order valence-corrected chi connectivity index (χ2v) is 9.29. The zero-order valence-electron chi connectivity index (χ0n) is 20.4. The van der Waals surface area contributed by atoms with Gasteiger partial charge in [-0.1, -0.05) is 18.2 Å². The highest BCUT2D eigenvalue weighted by molar-refractivity contribution is 5.92. The molecule has 0 saturated carbocycles. The van der Waals surface area contributed by atoms with Gasteiger partial charge in [-0.25, -0.2) is 14.2 Å². The number of aromatic amines is 1. The van der Waals surface area contributed by atoms with Crippen molar-refractivity contribution in [2.24, 2.45) is 0 Å². The van der Waals surface area contributed by atoms with E-state index in [-0.39, 0.29) is 17.7 Å². The maximum atomic E-state index is 13.6. The topological polar surface area (TPSA) is 107 Å². The average Bonchev–Trinajstić information content (AvgIpc) is 3.32. The summed E-state index contributed by atoms with van der Waals surface area (Å²) >= 11 is 0. The molecule has 0 aliphatic carbocycles. The summed E-state index contributed by atoms with van der Waals surface area (Å²) in [5.74, 6) is -0.415. The molecule has 8 nitrogen and oxygen atoms in total. The monoisotopic (exact) mass is 480 g/mol. The van der Waals surface area contributed by atoms with Crippen molar-refractivity contribution in [2.75, 3.05) is 13.1 Å². The lowest BCUT2D eigenvalue weighted by Gasteiger charge is -2.28. The van der Waals surface area contributed by atoms with Gasteiger partial charge >= 0.3 is 6.09 Å². The molecule has 186 valence electrons. The van der Waals surface area contributed by atoms with Crippen LogP contribution < -0.4 is 5.32 Å². The van der Waals surface area contributed by atoms with Crippen molar-refractivity contribution in [1.82, 2.24) is 25.2 Å². The van der Waals surface area contributed by atoms with Crippen LogP contribution in [-0.4, -0.2) is 50.6 Å². The molecule has 0 aliphatic rings. The Morgan fingerprint density at radius 1 is 1.20 bits per heavy atom. The van der Waals surface area contributed by atoms with E-state index in [1.165, 1.54) is 12.1 Å². The summed E-state index contributed by atoms with van der Waals surface area (Å²) in [6.45, 7) is 6.36. The predicted molar refractivity (Wildman–Crippen MR) is 133 cm³/mol. The lowest BCUT2D eigenvalue weighted by atomic mass is 9.91. The van der Waals surface area contributed by atoms with Gasteiger partial charge in [-0.15, -0.1) is 0 Å². The van der Waals surface area contributed by atoms with Crippen molar-refractivity contribution < 1.29 is 13.9 Å². The number of aryl methyl sites for hydroxylation is 1. The van der Waals surface area contributed by atoms with E-state index >= 15 is 0 Å². The second kappa shape index (κ2) is 12.1. The Labute approximate surface area is 205 Å². The van der Waals surface area contributed by atoms with Crippen LogP contribution in [0.1, 0.15) is 56.5 Å². The number of guanidine groups is 1. The Morgan fingerprint density at radius 3 is 2.60 bits per heavy atom. The van der Waals surface area contributed by atoms with E-state index in [0.29, 0.717) is 19.5 Å². The number of imidazole rings is 1. The summed E-state index contributed by atoms with van der Waals surface area (Å²) in [7, 11) is 0. The van der Waals surface area contributed by atoms with Crippen molar-refractivity contribution >= 4 is 12.1 Å². The second-order valence-electron chi connectivity index (χ2n) is 9.29. The van der Waals surface area contributed by atoms with Crippen LogP contribution in [0.4, 0.5) is 9.18 Å². The molecule has 0 radical (unpaired) electrons. The fraction of sp³-hybridized carbons (Fsp3) is 0.385. The number of H-pyrrole nitrogens is 1. The minimum Gasteiger partial charge on any atom is -0.444 e. The summed E-state index contributed by atoms with van der Waals surface area (Å²) in [5.41, 5.74) is 2.15. The van der Waals surface area contributed by atoms with E-state index in [2.05, 4.69) is 20.3 Å². The molecule has 1 aromatic carbocycles. The van der Waals surface area contributed by atoms with Gasteiger partial charge in [0.2, 0.25) is 5.96 Å². The van der Waals surface area contributed by atoms with Crippen molar-refractivity contribution in [2.45, 2.75) is 51.6 Å². The number of benzene rings is 1. The van der Waals surface area contributed by atoms with Crippen molar-refractivity contribution in [3.8, 4) is 0 Å². The molecule has 1 atom stereocenters. The van der Waals surface area contributed by atoms with E-state index in [4.69, 9.17) is 10.1 Å². The maximum Gasteiger partial charge on any atom is 0.414 e. The van der Waals surface area contributed by atoms with Crippen molar-refractivity contribution in [1.29, 1.82) is 5.41 Å². The first-order valence-electron chi connectivity index (χ1n) is 11.7. The minimum absolute atomic E-state index is 0.0252. The maximum absolute atomic E-state index is 13.6. The third-order valence-corrected chi connectivity index (χ3v) is 5.37. The molecular weight excluding hydrogens is 447 g/mol. The first-order chi connectivity index (χ1) is 16.7. The number of aromatic nitrogens is 3. The molecule has 9 heteroatoms. The lowest BCUT2D eigenvalue weighted by Crippen LogP contribution is -2.46. The highest BCUT2D eigenvalue weighted by atomic mass is 19.1. The summed E-state index contributed by atoms with van der Waals surface area (Å²) in [6, 6.07) is 12.1. The smallest absolute Gasteiger partial charge is 0.414 e. The predicted octanol–water partition coefficient (Wildman–Crippen LogP) is 4.86. The quantitative estimate of drug-likeness (QED) is 0.299. The van der Waals surface area contributed by atoms with Crippen LogP contribution in [-0.2, 0) is 11.2 Å². The number of amides is 1. The number of carbonyl (C=O) groups excluding carboxylic acids is 1. The molecule has 0 fully saturated rings. The molecule has 35 heavy (non-hydrogen) atoms. The Balaban J connectivity index is 1.73. The highest BCUT2D eigenvalue weighted by Gasteiger charge is 2.22. The molecule has 1 amide bonds. The van der Waals surface area contributed by atoms with E-state index in [1.54, 1.807) is 51.6 Å². The van der Waals surface area contributed by atoms with Crippen LogP contribution in [0.25, 0.3) is 0 Å². The number of rotatable bonds is 9. The zero-order chi connectivity index (χ0) is 25.3. The van der Waals surface area contributed by atoms with Gasteiger partial charge in [0.15, 0.2) is 0 Å². The lowest BCUT2D eigenvalue weighted by molar-refractivity contribution is 0.0555. The molecule has 3 aromatic rings. The number of alkyl carbamates (subject to hydrolysis) is 1. The van der Waals surface area contributed by atoms with Gasteiger partial charge in [0, 0.05) is 42.8 Å². The largest absolute Gasteiger partial charge is 0.444 e. The number of nitrogens with one attached hydrogen (secondary N) is 3.